The summed E-state index contributed by atoms with van der Waals surface area (Å²) >= 11 is 0. The van der Waals surface area contributed by atoms with Gasteiger partial charge in [-0.2, -0.15) is 0 Å². The van der Waals surface area contributed by atoms with Crippen molar-refractivity contribution in [3.05, 3.63) is 58.1 Å². The minimum Gasteiger partial charge on any atom is -0.491 e. The summed E-state index contributed by atoms with van der Waals surface area (Å²) in [4.78, 5) is 25.5. The number of nitrogens with one attached hydrogen (secondary N) is 1. The first-order chi connectivity index (χ1) is 13.4. The van der Waals surface area contributed by atoms with Gasteiger partial charge >= 0.3 is 0 Å². The molecule has 0 bridgehead atoms. The topological polar surface area (TPSA) is 93.9 Å². The van der Waals surface area contributed by atoms with Crippen LogP contribution in [0.4, 0.5) is 17.1 Å². The van der Waals surface area contributed by atoms with Crippen LogP contribution in [0.1, 0.15) is 24.2 Å². The van der Waals surface area contributed by atoms with Crippen LogP contribution in [0.3, 0.4) is 0 Å². The molecule has 3 rings (SSSR count). The van der Waals surface area contributed by atoms with Gasteiger partial charge in [0.2, 0.25) is 0 Å². The number of amides is 1. The maximum atomic E-state index is 12.5. The Kier molecular flexibility index (Phi) is 6.10. The summed E-state index contributed by atoms with van der Waals surface area (Å²) in [5, 5.41) is 14.2. The zero-order valence-corrected chi connectivity index (χ0v) is 15.9. The number of carbonyl (C=O) groups is 1. The molecule has 8 nitrogen and oxygen atoms in total. The number of benzene rings is 2. The number of carbonyl (C=O) groups excluding carboxylic acids is 1. The molecule has 8 heteroatoms. The van der Waals surface area contributed by atoms with Gasteiger partial charge in [-0.3, -0.25) is 14.9 Å². The van der Waals surface area contributed by atoms with Gasteiger partial charge in [-0.25, -0.2) is 0 Å². The summed E-state index contributed by atoms with van der Waals surface area (Å²) in [6, 6.07) is 11.5. The van der Waals surface area contributed by atoms with Crippen LogP contribution in [-0.4, -0.2) is 43.2 Å². The van der Waals surface area contributed by atoms with Crippen molar-refractivity contribution in [1.29, 1.82) is 0 Å². The second kappa shape index (κ2) is 8.71. The zero-order valence-electron chi connectivity index (χ0n) is 15.9. The third kappa shape index (κ3) is 4.77. The van der Waals surface area contributed by atoms with E-state index in [1.54, 1.807) is 36.4 Å². The Morgan fingerprint density at radius 3 is 2.46 bits per heavy atom. The number of nitro benzene ring substituents is 1. The molecule has 2 aromatic rings. The van der Waals surface area contributed by atoms with Crippen LogP contribution in [-0.2, 0) is 4.74 Å². The van der Waals surface area contributed by atoms with Gasteiger partial charge in [-0.1, -0.05) is 0 Å². The van der Waals surface area contributed by atoms with Gasteiger partial charge in [0.05, 0.1) is 24.2 Å². The number of hydrogen-bond acceptors (Lipinski definition) is 6. The summed E-state index contributed by atoms with van der Waals surface area (Å²) in [6.45, 7) is 6.11. The van der Waals surface area contributed by atoms with Crippen molar-refractivity contribution in [2.45, 2.75) is 20.0 Å². The molecular formula is C20H23N3O5. The minimum absolute atomic E-state index is 0.0413. The Morgan fingerprint density at radius 2 is 1.86 bits per heavy atom. The molecule has 2 aromatic carbocycles. The SMILES string of the molecule is CC(C)Oc1ccc(C(=O)Nc2ccc(N3CCOCC3)c([N+](=O)[O-])c2)cc1. The van der Waals surface area contributed by atoms with E-state index in [0.717, 1.165) is 0 Å². The molecule has 0 aromatic heterocycles. The van der Waals surface area contributed by atoms with Crippen LogP contribution in [0.25, 0.3) is 0 Å². The number of anilines is 2. The minimum atomic E-state index is -0.432. The van der Waals surface area contributed by atoms with Gasteiger partial charge in [-0.05, 0) is 50.2 Å². The molecule has 1 N–H and O–H groups in total. The highest BCUT2D eigenvalue weighted by Gasteiger charge is 2.22. The second-order valence-electron chi connectivity index (χ2n) is 6.71. The molecule has 1 saturated heterocycles. The van der Waals surface area contributed by atoms with Crippen LogP contribution >= 0.6 is 0 Å². The predicted molar refractivity (Wildman–Crippen MR) is 106 cm³/mol. The summed E-state index contributed by atoms with van der Waals surface area (Å²) in [6.07, 6.45) is 0.0465. The summed E-state index contributed by atoms with van der Waals surface area (Å²) in [5.74, 6) is 0.335. The largest absolute Gasteiger partial charge is 0.491 e. The van der Waals surface area contributed by atoms with E-state index in [2.05, 4.69) is 5.32 Å². The van der Waals surface area contributed by atoms with Crippen molar-refractivity contribution in [2.75, 3.05) is 36.5 Å². The van der Waals surface area contributed by atoms with Crippen molar-refractivity contribution in [3.63, 3.8) is 0 Å². The van der Waals surface area contributed by atoms with E-state index < -0.39 is 4.92 Å². The summed E-state index contributed by atoms with van der Waals surface area (Å²) < 4.78 is 10.9. The molecule has 0 radical (unpaired) electrons. The highest BCUT2D eigenvalue weighted by atomic mass is 16.6. The van der Waals surface area contributed by atoms with Gasteiger partial charge in [0.1, 0.15) is 11.4 Å². The van der Waals surface area contributed by atoms with E-state index in [9.17, 15) is 14.9 Å². The molecule has 28 heavy (non-hydrogen) atoms. The third-order valence-corrected chi connectivity index (χ3v) is 4.27. The van der Waals surface area contributed by atoms with Crippen LogP contribution in [0.5, 0.6) is 5.75 Å². The Labute approximate surface area is 163 Å². The molecule has 148 valence electrons. The lowest BCUT2D eigenvalue weighted by Crippen LogP contribution is -2.36. The van der Waals surface area contributed by atoms with Crippen molar-refractivity contribution >= 4 is 23.0 Å². The van der Waals surface area contributed by atoms with E-state index in [1.165, 1.54) is 6.07 Å². The maximum Gasteiger partial charge on any atom is 0.294 e. The Bertz CT molecular complexity index is 845. The smallest absolute Gasteiger partial charge is 0.294 e. The molecule has 1 fully saturated rings. The van der Waals surface area contributed by atoms with Gasteiger partial charge < -0.3 is 19.7 Å². The monoisotopic (exact) mass is 385 g/mol. The predicted octanol–water partition coefficient (Wildman–Crippen LogP) is 3.47. The fourth-order valence-electron chi connectivity index (χ4n) is 2.98. The molecule has 1 aliphatic heterocycles. The van der Waals surface area contributed by atoms with Crippen molar-refractivity contribution < 1.29 is 19.2 Å². The van der Waals surface area contributed by atoms with Crippen LogP contribution in [0, 0.1) is 10.1 Å². The first-order valence-corrected chi connectivity index (χ1v) is 9.13. The van der Waals surface area contributed by atoms with E-state index in [4.69, 9.17) is 9.47 Å². The fraction of sp³-hybridized carbons (Fsp3) is 0.350. The van der Waals surface area contributed by atoms with Crippen LogP contribution in [0.2, 0.25) is 0 Å². The van der Waals surface area contributed by atoms with E-state index in [0.29, 0.717) is 49.0 Å². The molecule has 0 spiro atoms. The number of hydrogen-bond donors (Lipinski definition) is 1. The molecule has 0 atom stereocenters. The fourth-order valence-corrected chi connectivity index (χ4v) is 2.98. The molecule has 1 aliphatic rings. The number of nitro groups is 1. The number of nitrogens with zero attached hydrogens (tertiary/aromatic N) is 2. The lowest BCUT2D eigenvalue weighted by molar-refractivity contribution is -0.384. The van der Waals surface area contributed by atoms with Crippen molar-refractivity contribution in [3.8, 4) is 5.75 Å². The standard InChI is InChI=1S/C20H23N3O5/c1-14(2)28-17-6-3-15(4-7-17)20(24)21-16-5-8-18(19(13-16)23(25)26)22-9-11-27-12-10-22/h3-8,13-14H,9-12H2,1-2H3,(H,21,24). The lowest BCUT2D eigenvalue weighted by atomic mass is 10.1. The van der Waals surface area contributed by atoms with E-state index in [-0.39, 0.29) is 17.7 Å². The van der Waals surface area contributed by atoms with Crippen molar-refractivity contribution in [1.82, 2.24) is 0 Å². The Morgan fingerprint density at radius 1 is 1.18 bits per heavy atom. The van der Waals surface area contributed by atoms with Crippen molar-refractivity contribution in [2.24, 2.45) is 0 Å². The molecule has 1 amide bonds. The second-order valence-corrected chi connectivity index (χ2v) is 6.71. The number of morpholine rings is 1. The van der Waals surface area contributed by atoms with Gasteiger partial charge in [0, 0.05) is 30.4 Å². The Hall–Kier alpha value is -3.13. The maximum absolute atomic E-state index is 12.5. The van der Waals surface area contributed by atoms with E-state index in [1.807, 2.05) is 18.7 Å². The number of ether oxygens (including phenoxy) is 2. The van der Waals surface area contributed by atoms with Gasteiger partial charge in [0.25, 0.3) is 11.6 Å². The third-order valence-electron chi connectivity index (χ3n) is 4.27. The molecule has 0 unspecified atom stereocenters. The lowest BCUT2D eigenvalue weighted by Gasteiger charge is -2.28. The average molecular weight is 385 g/mol. The van der Waals surface area contributed by atoms with Crippen LogP contribution in [0.15, 0.2) is 42.5 Å². The highest BCUT2D eigenvalue weighted by molar-refractivity contribution is 6.04. The van der Waals surface area contributed by atoms with Gasteiger partial charge in [0.15, 0.2) is 0 Å². The summed E-state index contributed by atoms with van der Waals surface area (Å²) in [7, 11) is 0. The Balaban J connectivity index is 1.75. The summed E-state index contributed by atoms with van der Waals surface area (Å²) in [5.41, 5.74) is 1.30. The van der Waals surface area contributed by atoms with Crippen LogP contribution < -0.4 is 15.0 Å². The van der Waals surface area contributed by atoms with E-state index >= 15 is 0 Å². The molecule has 0 saturated carbocycles. The first kappa shape index (κ1) is 19.6. The molecule has 0 aliphatic carbocycles. The van der Waals surface area contributed by atoms with Gasteiger partial charge in [-0.15, -0.1) is 0 Å². The highest BCUT2D eigenvalue weighted by Crippen LogP contribution is 2.32. The number of rotatable bonds is 6. The normalized spacial score (nSPS) is 14.0. The zero-order chi connectivity index (χ0) is 20.1. The molecule has 1 heterocycles. The molecular weight excluding hydrogens is 362 g/mol. The quantitative estimate of drug-likeness (QED) is 0.604. The first-order valence-electron chi connectivity index (χ1n) is 9.13. The average Bonchev–Trinajstić information content (AvgIpc) is 2.68.